The molecule has 0 aromatic rings. The summed E-state index contributed by atoms with van der Waals surface area (Å²) in [5.74, 6) is 0. The predicted molar refractivity (Wildman–Crippen MR) is 5.40 cm³/mol. The van der Waals surface area contributed by atoms with E-state index >= 15 is 0 Å². The molecule has 3 nitrogen and oxygen atoms in total. The number of rotatable bonds is 0. The molecule has 0 N–H and O–H groups in total. The number of hydrogen-bond acceptors (Lipinski definition) is 3. The van der Waals surface area contributed by atoms with Crippen LogP contribution in [0.2, 0.25) is 0 Å². The second kappa shape index (κ2) is 9.04. The number of carbonyl (C=O) groups is 1. The molecule has 0 amide bonds. The summed E-state index contributed by atoms with van der Waals surface area (Å²) < 4.78 is 0. The van der Waals surface area contributed by atoms with Crippen molar-refractivity contribution in [2.24, 2.45) is 0 Å². The van der Waals surface area contributed by atoms with Gasteiger partial charge in [0.15, 0.2) is 0 Å². The Bertz CT molecular complexity index is 33.8. The third-order valence-electron chi connectivity index (χ3n) is 0. The zero-order valence-corrected chi connectivity index (χ0v) is 4.18. The second-order valence-corrected chi connectivity index (χ2v) is 0.250. The molecule has 0 bridgehead atoms. The van der Waals surface area contributed by atoms with Gasteiger partial charge in [0.1, 0.15) is 0 Å². The molecule has 0 spiro atoms. The smallest absolute Gasteiger partial charge is 0.652 e. The van der Waals surface area contributed by atoms with Crippen LogP contribution < -0.4 is 29.1 Å². The van der Waals surface area contributed by atoms with Crippen LogP contribution in [-0.2, 0) is 17.1 Å². The van der Waals surface area contributed by atoms with Gasteiger partial charge in [0.05, 0.1) is 0 Å². The standard InChI is InChI=1S/CH2O3.Fe.Li/c2-1(3)4;;/h(H2,2,3,4);;/q;+2;+1/p-2. The van der Waals surface area contributed by atoms with E-state index in [1.807, 2.05) is 0 Å². The summed E-state index contributed by atoms with van der Waals surface area (Å²) in [6, 6.07) is 0. The molecule has 0 aliphatic heterocycles. The Kier molecular flexibility index (Phi) is 24.3. The molecule has 0 aliphatic rings. The van der Waals surface area contributed by atoms with Gasteiger partial charge >= 0.3 is 35.9 Å². The average Bonchev–Trinajstić information content (AvgIpc) is 0.811. The van der Waals surface area contributed by atoms with Crippen molar-refractivity contribution in [3.8, 4) is 0 Å². The van der Waals surface area contributed by atoms with E-state index in [9.17, 15) is 0 Å². The van der Waals surface area contributed by atoms with E-state index < -0.39 is 6.16 Å². The molecule has 0 radical (unpaired) electrons. The molecule has 5 heteroatoms. The van der Waals surface area contributed by atoms with E-state index in [-0.39, 0.29) is 35.9 Å². The van der Waals surface area contributed by atoms with Crippen LogP contribution in [0.25, 0.3) is 0 Å². The fourth-order valence-electron chi connectivity index (χ4n) is 0. The summed E-state index contributed by atoms with van der Waals surface area (Å²) in [4.78, 5) is 8.33. The zero-order chi connectivity index (χ0) is 3.58. The van der Waals surface area contributed by atoms with Crippen LogP contribution in [0, 0.1) is 0 Å². The molecular formula is CFeLiO3+. The molecular weight excluding hydrogens is 123 g/mol. The first-order valence-electron chi connectivity index (χ1n) is 0.612. The van der Waals surface area contributed by atoms with Gasteiger partial charge in [-0.2, -0.15) is 0 Å². The largest absolute Gasteiger partial charge is 2.00 e. The Labute approximate surface area is 57.4 Å². The maximum atomic E-state index is 8.33. The molecule has 6 heavy (non-hydrogen) atoms. The quantitative estimate of drug-likeness (QED) is 0.302. The molecule has 0 saturated carbocycles. The Morgan fingerprint density at radius 2 is 1.33 bits per heavy atom. The Morgan fingerprint density at radius 1 is 1.33 bits per heavy atom. The SMILES string of the molecule is O=C([O-])[O-].[Fe+2].[Li+]. The van der Waals surface area contributed by atoms with Crippen molar-refractivity contribution in [3.05, 3.63) is 0 Å². The molecule has 0 aromatic carbocycles. The van der Waals surface area contributed by atoms with Crippen LogP contribution in [0.4, 0.5) is 4.79 Å². The fourth-order valence-corrected chi connectivity index (χ4v) is 0. The van der Waals surface area contributed by atoms with Crippen molar-refractivity contribution >= 4 is 6.16 Å². The van der Waals surface area contributed by atoms with E-state index in [0.717, 1.165) is 0 Å². The number of carbonyl (C=O) groups excluding carboxylic acids is 1. The first kappa shape index (κ1) is 16.2. The van der Waals surface area contributed by atoms with Crippen molar-refractivity contribution in [1.82, 2.24) is 0 Å². The minimum atomic E-state index is -2.33. The summed E-state index contributed by atoms with van der Waals surface area (Å²) in [6.07, 6.45) is -2.33. The van der Waals surface area contributed by atoms with Gasteiger partial charge in [0.25, 0.3) is 0 Å². The van der Waals surface area contributed by atoms with Crippen molar-refractivity contribution in [1.29, 1.82) is 0 Å². The average molecular weight is 123 g/mol. The van der Waals surface area contributed by atoms with Gasteiger partial charge in [0, 0.05) is 0 Å². The van der Waals surface area contributed by atoms with Crippen LogP contribution in [0.3, 0.4) is 0 Å². The zero-order valence-electron chi connectivity index (χ0n) is 3.08. The predicted octanol–water partition coefficient (Wildman–Crippen LogP) is -5.45. The molecule has 0 fully saturated rings. The maximum absolute atomic E-state index is 8.33. The summed E-state index contributed by atoms with van der Waals surface area (Å²) in [7, 11) is 0. The van der Waals surface area contributed by atoms with Crippen molar-refractivity contribution in [3.63, 3.8) is 0 Å². The Balaban J connectivity index is -0.0000000450. The normalized spacial score (nSPS) is 4.00. The Morgan fingerprint density at radius 3 is 1.33 bits per heavy atom. The summed E-state index contributed by atoms with van der Waals surface area (Å²) in [6.45, 7) is 0. The van der Waals surface area contributed by atoms with Gasteiger partial charge in [0.2, 0.25) is 0 Å². The third-order valence-corrected chi connectivity index (χ3v) is 0. The van der Waals surface area contributed by atoms with Crippen LogP contribution in [0.1, 0.15) is 0 Å². The maximum Gasteiger partial charge on any atom is 2.00 e. The van der Waals surface area contributed by atoms with Crippen LogP contribution in [-0.4, -0.2) is 6.16 Å². The van der Waals surface area contributed by atoms with Gasteiger partial charge in [-0.1, -0.05) is 0 Å². The van der Waals surface area contributed by atoms with Crippen molar-refractivity contribution in [2.75, 3.05) is 0 Å². The summed E-state index contributed by atoms with van der Waals surface area (Å²) in [5.41, 5.74) is 0. The molecule has 0 heterocycles. The molecule has 0 saturated heterocycles. The summed E-state index contributed by atoms with van der Waals surface area (Å²) >= 11 is 0. The van der Waals surface area contributed by atoms with Gasteiger partial charge in [-0.25, -0.2) is 0 Å². The number of hydrogen-bond donors (Lipinski definition) is 0. The molecule has 0 aromatic heterocycles. The third kappa shape index (κ3) is 336. The Hall–Kier alpha value is 0.387. The van der Waals surface area contributed by atoms with Crippen molar-refractivity contribution in [2.45, 2.75) is 0 Å². The van der Waals surface area contributed by atoms with E-state index in [1.165, 1.54) is 0 Å². The van der Waals surface area contributed by atoms with Gasteiger partial charge in [-0.15, -0.1) is 0 Å². The molecule has 0 aliphatic carbocycles. The number of carboxylic acid groups (broad SMARTS) is 2. The van der Waals surface area contributed by atoms with Crippen molar-refractivity contribution < 1.29 is 50.9 Å². The fraction of sp³-hybridized carbons (Fsp3) is 0. The van der Waals surface area contributed by atoms with Gasteiger partial charge in [-0.05, 0) is 6.16 Å². The van der Waals surface area contributed by atoms with E-state index in [2.05, 4.69) is 0 Å². The minimum Gasteiger partial charge on any atom is -0.652 e. The second-order valence-electron chi connectivity index (χ2n) is 0.250. The molecule has 0 unspecified atom stereocenters. The van der Waals surface area contributed by atoms with E-state index in [0.29, 0.717) is 0 Å². The van der Waals surface area contributed by atoms with Gasteiger partial charge in [-0.3, -0.25) is 0 Å². The molecule has 0 atom stereocenters. The first-order valence-corrected chi connectivity index (χ1v) is 0.612. The van der Waals surface area contributed by atoms with E-state index in [1.54, 1.807) is 0 Å². The van der Waals surface area contributed by atoms with Crippen LogP contribution in [0.15, 0.2) is 0 Å². The topological polar surface area (TPSA) is 63.2 Å². The van der Waals surface area contributed by atoms with Crippen LogP contribution >= 0.6 is 0 Å². The van der Waals surface area contributed by atoms with Gasteiger partial charge < -0.3 is 15.0 Å². The molecule has 30 valence electrons. The van der Waals surface area contributed by atoms with Crippen LogP contribution in [0.5, 0.6) is 0 Å². The first-order chi connectivity index (χ1) is 1.73. The van der Waals surface area contributed by atoms with E-state index in [4.69, 9.17) is 15.0 Å². The minimum absolute atomic E-state index is 0. The monoisotopic (exact) mass is 123 g/mol. The molecule has 0 rings (SSSR count). The summed E-state index contributed by atoms with van der Waals surface area (Å²) in [5, 5.41) is 16.7.